The maximum Gasteiger partial charge on any atom is 0.223 e. The van der Waals surface area contributed by atoms with Gasteiger partial charge in [0.15, 0.2) is 0 Å². The van der Waals surface area contributed by atoms with E-state index in [1.807, 2.05) is 29.2 Å². The Balaban J connectivity index is 2.59. The van der Waals surface area contributed by atoms with Gasteiger partial charge in [0, 0.05) is 24.9 Å². The molecule has 0 aliphatic carbocycles. The summed E-state index contributed by atoms with van der Waals surface area (Å²) in [5.41, 5.74) is 1.15. The lowest BCUT2D eigenvalue weighted by molar-refractivity contribution is -0.133. The highest BCUT2D eigenvalue weighted by atomic mass is 35.5. The quantitative estimate of drug-likeness (QED) is 0.648. The lowest BCUT2D eigenvalue weighted by Gasteiger charge is -2.30. The standard InChI is InChI=1S/C17H26ClNO2/c1-4-15(5-2)19(13-12-18)17(20)11-8-14-6-9-16(21-3)10-7-14/h6-7,9-10,15H,4-5,8,11-13H2,1-3H3. The van der Waals surface area contributed by atoms with Gasteiger partial charge in [-0.05, 0) is 37.0 Å². The predicted molar refractivity (Wildman–Crippen MR) is 88.1 cm³/mol. The summed E-state index contributed by atoms with van der Waals surface area (Å²) in [5, 5.41) is 0. The van der Waals surface area contributed by atoms with Crippen LogP contribution in [0.4, 0.5) is 0 Å². The number of nitrogens with zero attached hydrogens (tertiary/aromatic N) is 1. The summed E-state index contributed by atoms with van der Waals surface area (Å²) in [6.07, 6.45) is 3.23. The third-order valence-electron chi connectivity index (χ3n) is 3.82. The number of rotatable bonds is 9. The number of carbonyl (C=O) groups is 1. The van der Waals surface area contributed by atoms with Gasteiger partial charge in [0.25, 0.3) is 0 Å². The summed E-state index contributed by atoms with van der Waals surface area (Å²) in [4.78, 5) is 14.4. The van der Waals surface area contributed by atoms with E-state index in [0.29, 0.717) is 24.9 Å². The molecule has 118 valence electrons. The van der Waals surface area contributed by atoms with Gasteiger partial charge in [0.05, 0.1) is 7.11 Å². The molecular weight excluding hydrogens is 286 g/mol. The van der Waals surface area contributed by atoms with Crippen molar-refractivity contribution in [3.63, 3.8) is 0 Å². The zero-order valence-corrected chi connectivity index (χ0v) is 14.0. The second kappa shape index (κ2) is 9.67. The lowest BCUT2D eigenvalue weighted by atomic mass is 10.1. The molecule has 4 heteroatoms. The largest absolute Gasteiger partial charge is 0.497 e. The van der Waals surface area contributed by atoms with Crippen LogP contribution in [-0.2, 0) is 11.2 Å². The molecule has 1 aromatic carbocycles. The Hall–Kier alpha value is -1.22. The van der Waals surface area contributed by atoms with Crippen molar-refractivity contribution in [2.75, 3.05) is 19.5 Å². The molecule has 1 amide bonds. The topological polar surface area (TPSA) is 29.5 Å². The third kappa shape index (κ3) is 5.58. The number of amides is 1. The maximum atomic E-state index is 12.4. The average molecular weight is 312 g/mol. The fourth-order valence-electron chi connectivity index (χ4n) is 2.52. The van der Waals surface area contributed by atoms with Gasteiger partial charge in [-0.15, -0.1) is 11.6 Å². The molecule has 0 unspecified atom stereocenters. The first kappa shape index (κ1) is 17.8. The van der Waals surface area contributed by atoms with Crippen molar-refractivity contribution in [3.8, 4) is 5.75 Å². The molecule has 0 aliphatic rings. The van der Waals surface area contributed by atoms with Gasteiger partial charge in [-0.3, -0.25) is 4.79 Å². The summed E-state index contributed by atoms with van der Waals surface area (Å²) in [5.74, 6) is 1.52. The Kier molecular flexibility index (Phi) is 8.21. The molecule has 1 rings (SSSR count). The van der Waals surface area contributed by atoms with E-state index in [-0.39, 0.29) is 5.91 Å². The molecule has 0 atom stereocenters. The average Bonchev–Trinajstić information content (AvgIpc) is 2.53. The number of halogens is 1. The first-order valence-electron chi connectivity index (χ1n) is 7.64. The van der Waals surface area contributed by atoms with Crippen LogP contribution < -0.4 is 4.74 Å². The Labute approximate surface area is 133 Å². The summed E-state index contributed by atoms with van der Waals surface area (Å²) in [6, 6.07) is 8.17. The van der Waals surface area contributed by atoms with Crippen LogP contribution in [0, 0.1) is 0 Å². The van der Waals surface area contributed by atoms with Crippen LogP contribution in [0.5, 0.6) is 5.75 Å². The minimum absolute atomic E-state index is 0.195. The summed E-state index contributed by atoms with van der Waals surface area (Å²) >= 11 is 5.84. The highest BCUT2D eigenvalue weighted by Crippen LogP contribution is 2.15. The zero-order valence-electron chi connectivity index (χ0n) is 13.3. The van der Waals surface area contributed by atoms with E-state index in [0.717, 1.165) is 30.6 Å². The van der Waals surface area contributed by atoms with E-state index < -0.39 is 0 Å². The Morgan fingerprint density at radius 1 is 1.24 bits per heavy atom. The normalized spacial score (nSPS) is 10.7. The van der Waals surface area contributed by atoms with Crippen LogP contribution in [0.3, 0.4) is 0 Å². The summed E-state index contributed by atoms with van der Waals surface area (Å²) < 4.78 is 5.14. The van der Waals surface area contributed by atoms with E-state index in [9.17, 15) is 4.79 Å². The Bertz CT molecular complexity index is 415. The monoisotopic (exact) mass is 311 g/mol. The minimum atomic E-state index is 0.195. The highest BCUT2D eigenvalue weighted by Gasteiger charge is 2.20. The van der Waals surface area contributed by atoms with Crippen LogP contribution in [0.2, 0.25) is 0 Å². The SMILES string of the molecule is CCC(CC)N(CCCl)C(=O)CCc1ccc(OC)cc1. The maximum absolute atomic E-state index is 12.4. The van der Waals surface area contributed by atoms with Gasteiger partial charge in [-0.25, -0.2) is 0 Å². The van der Waals surface area contributed by atoms with Crippen LogP contribution in [0.1, 0.15) is 38.7 Å². The van der Waals surface area contributed by atoms with E-state index >= 15 is 0 Å². The number of alkyl halides is 1. The molecule has 0 fully saturated rings. The van der Waals surface area contributed by atoms with E-state index in [4.69, 9.17) is 16.3 Å². The zero-order chi connectivity index (χ0) is 15.7. The van der Waals surface area contributed by atoms with E-state index in [1.165, 1.54) is 0 Å². The van der Waals surface area contributed by atoms with Crippen molar-refractivity contribution < 1.29 is 9.53 Å². The fourth-order valence-corrected chi connectivity index (χ4v) is 2.70. The highest BCUT2D eigenvalue weighted by molar-refractivity contribution is 6.18. The lowest BCUT2D eigenvalue weighted by Crippen LogP contribution is -2.41. The molecule has 0 radical (unpaired) electrons. The first-order valence-corrected chi connectivity index (χ1v) is 8.18. The third-order valence-corrected chi connectivity index (χ3v) is 3.98. The van der Waals surface area contributed by atoms with Crippen molar-refractivity contribution in [2.24, 2.45) is 0 Å². The van der Waals surface area contributed by atoms with E-state index in [2.05, 4.69) is 13.8 Å². The molecule has 0 spiro atoms. The second-order valence-electron chi connectivity index (χ2n) is 5.09. The number of benzene rings is 1. The summed E-state index contributed by atoms with van der Waals surface area (Å²) in [7, 11) is 1.65. The van der Waals surface area contributed by atoms with Crippen molar-refractivity contribution in [1.29, 1.82) is 0 Å². The Morgan fingerprint density at radius 2 is 1.86 bits per heavy atom. The molecular formula is C17H26ClNO2. The van der Waals surface area contributed by atoms with Gasteiger partial charge in [-0.1, -0.05) is 26.0 Å². The number of hydrogen-bond donors (Lipinski definition) is 0. The summed E-state index contributed by atoms with van der Waals surface area (Å²) in [6.45, 7) is 4.87. The van der Waals surface area contributed by atoms with Crippen molar-refractivity contribution in [3.05, 3.63) is 29.8 Å². The molecule has 0 heterocycles. The van der Waals surface area contributed by atoms with Crippen molar-refractivity contribution in [2.45, 2.75) is 45.6 Å². The second-order valence-corrected chi connectivity index (χ2v) is 5.47. The van der Waals surface area contributed by atoms with E-state index in [1.54, 1.807) is 7.11 Å². The molecule has 3 nitrogen and oxygen atoms in total. The fraction of sp³-hybridized carbons (Fsp3) is 0.588. The van der Waals surface area contributed by atoms with Gasteiger partial charge in [0.2, 0.25) is 5.91 Å². The number of ether oxygens (including phenoxy) is 1. The van der Waals surface area contributed by atoms with Crippen LogP contribution in [0.25, 0.3) is 0 Å². The van der Waals surface area contributed by atoms with Gasteiger partial charge >= 0.3 is 0 Å². The minimum Gasteiger partial charge on any atom is -0.497 e. The van der Waals surface area contributed by atoms with Gasteiger partial charge in [0.1, 0.15) is 5.75 Å². The number of carbonyl (C=O) groups excluding carboxylic acids is 1. The van der Waals surface area contributed by atoms with Crippen LogP contribution in [0.15, 0.2) is 24.3 Å². The van der Waals surface area contributed by atoms with Gasteiger partial charge < -0.3 is 9.64 Å². The molecule has 0 saturated heterocycles. The van der Waals surface area contributed by atoms with Crippen molar-refractivity contribution >= 4 is 17.5 Å². The Morgan fingerprint density at radius 3 is 2.33 bits per heavy atom. The molecule has 0 aromatic heterocycles. The van der Waals surface area contributed by atoms with Crippen LogP contribution >= 0.6 is 11.6 Å². The molecule has 0 saturated carbocycles. The number of methoxy groups -OCH3 is 1. The number of hydrogen-bond acceptors (Lipinski definition) is 2. The number of aryl methyl sites for hydroxylation is 1. The first-order chi connectivity index (χ1) is 10.2. The smallest absolute Gasteiger partial charge is 0.223 e. The molecule has 1 aromatic rings. The van der Waals surface area contributed by atoms with Gasteiger partial charge in [-0.2, -0.15) is 0 Å². The molecule has 0 N–H and O–H groups in total. The predicted octanol–water partition coefficient (Wildman–Crippen LogP) is 3.88. The van der Waals surface area contributed by atoms with Crippen LogP contribution in [-0.4, -0.2) is 36.4 Å². The van der Waals surface area contributed by atoms with Crippen molar-refractivity contribution in [1.82, 2.24) is 4.90 Å². The molecule has 21 heavy (non-hydrogen) atoms. The molecule has 0 bridgehead atoms. The molecule has 0 aliphatic heterocycles.